The fourth-order valence-corrected chi connectivity index (χ4v) is 2.07. The number of amides is 1. The number of aliphatic hydroxyl groups excluding tert-OH is 1. The summed E-state index contributed by atoms with van der Waals surface area (Å²) >= 11 is 0. The number of ether oxygens (including phenoxy) is 2. The Balaban J connectivity index is 1.95. The molecule has 2 unspecified atom stereocenters. The van der Waals surface area contributed by atoms with Crippen molar-refractivity contribution in [1.82, 2.24) is 5.32 Å². The molecule has 5 heteroatoms. The summed E-state index contributed by atoms with van der Waals surface area (Å²) in [7, 11) is 0. The SMILES string of the molecule is CC(O)CNC(=O)c1ccccc1OCC1CCCO1. The maximum atomic E-state index is 12.0. The Morgan fingerprint density at radius 3 is 3.05 bits per heavy atom. The minimum absolute atomic E-state index is 0.114. The van der Waals surface area contributed by atoms with Crippen LogP contribution in [-0.2, 0) is 4.74 Å². The topological polar surface area (TPSA) is 67.8 Å². The number of carbonyl (C=O) groups is 1. The molecule has 1 aliphatic rings. The van der Waals surface area contributed by atoms with Crippen LogP contribution in [0, 0.1) is 0 Å². The van der Waals surface area contributed by atoms with E-state index in [9.17, 15) is 9.90 Å². The third kappa shape index (κ3) is 4.21. The highest BCUT2D eigenvalue weighted by molar-refractivity contribution is 5.96. The van der Waals surface area contributed by atoms with Gasteiger partial charge in [0.1, 0.15) is 12.4 Å². The quantitative estimate of drug-likeness (QED) is 0.825. The normalized spacial score (nSPS) is 19.6. The van der Waals surface area contributed by atoms with Crippen LogP contribution in [0.4, 0.5) is 0 Å². The van der Waals surface area contributed by atoms with E-state index in [0.29, 0.717) is 17.9 Å². The van der Waals surface area contributed by atoms with E-state index in [-0.39, 0.29) is 18.6 Å². The maximum Gasteiger partial charge on any atom is 0.255 e. The number of aliphatic hydroxyl groups is 1. The largest absolute Gasteiger partial charge is 0.490 e. The van der Waals surface area contributed by atoms with Crippen LogP contribution < -0.4 is 10.1 Å². The van der Waals surface area contributed by atoms with E-state index in [0.717, 1.165) is 19.4 Å². The summed E-state index contributed by atoms with van der Waals surface area (Å²) in [4.78, 5) is 12.0. The first-order valence-electron chi connectivity index (χ1n) is 6.96. The molecule has 110 valence electrons. The second-order valence-electron chi connectivity index (χ2n) is 5.00. The summed E-state index contributed by atoms with van der Waals surface area (Å²) in [5, 5.41) is 11.9. The summed E-state index contributed by atoms with van der Waals surface area (Å²) in [5.74, 6) is 0.305. The Hall–Kier alpha value is -1.59. The van der Waals surface area contributed by atoms with Gasteiger partial charge in [-0.25, -0.2) is 0 Å². The summed E-state index contributed by atoms with van der Waals surface area (Å²) in [6, 6.07) is 7.10. The second kappa shape index (κ2) is 7.26. The molecule has 0 aromatic heterocycles. The molecule has 20 heavy (non-hydrogen) atoms. The van der Waals surface area contributed by atoms with Gasteiger partial charge >= 0.3 is 0 Å². The lowest BCUT2D eigenvalue weighted by Crippen LogP contribution is -2.31. The van der Waals surface area contributed by atoms with Crippen LogP contribution in [0.5, 0.6) is 5.75 Å². The van der Waals surface area contributed by atoms with E-state index < -0.39 is 6.10 Å². The highest BCUT2D eigenvalue weighted by Crippen LogP contribution is 2.20. The van der Waals surface area contributed by atoms with E-state index in [1.807, 2.05) is 6.07 Å². The lowest BCUT2D eigenvalue weighted by Gasteiger charge is -2.14. The average molecular weight is 279 g/mol. The minimum atomic E-state index is -0.570. The van der Waals surface area contributed by atoms with Crippen LogP contribution in [0.15, 0.2) is 24.3 Å². The van der Waals surface area contributed by atoms with Gasteiger partial charge in [-0.05, 0) is 31.9 Å². The minimum Gasteiger partial charge on any atom is -0.490 e. The number of hydrogen-bond donors (Lipinski definition) is 2. The van der Waals surface area contributed by atoms with Crippen molar-refractivity contribution in [3.8, 4) is 5.75 Å². The van der Waals surface area contributed by atoms with Crippen molar-refractivity contribution in [3.05, 3.63) is 29.8 Å². The van der Waals surface area contributed by atoms with Crippen LogP contribution in [0.3, 0.4) is 0 Å². The smallest absolute Gasteiger partial charge is 0.255 e. The van der Waals surface area contributed by atoms with Crippen molar-refractivity contribution in [3.63, 3.8) is 0 Å². The Labute approximate surface area is 118 Å². The number of carbonyl (C=O) groups excluding carboxylic acids is 1. The molecule has 0 spiro atoms. The molecule has 1 heterocycles. The van der Waals surface area contributed by atoms with E-state index >= 15 is 0 Å². The molecule has 2 rings (SSSR count). The molecule has 2 atom stereocenters. The molecule has 1 fully saturated rings. The van der Waals surface area contributed by atoms with Crippen molar-refractivity contribution in [1.29, 1.82) is 0 Å². The molecule has 1 aliphatic heterocycles. The van der Waals surface area contributed by atoms with Gasteiger partial charge < -0.3 is 19.9 Å². The van der Waals surface area contributed by atoms with Crippen LogP contribution >= 0.6 is 0 Å². The summed E-state index contributed by atoms with van der Waals surface area (Å²) in [6.07, 6.45) is 1.60. The summed E-state index contributed by atoms with van der Waals surface area (Å²) in [5.41, 5.74) is 0.478. The zero-order valence-corrected chi connectivity index (χ0v) is 11.7. The van der Waals surface area contributed by atoms with Crippen LogP contribution in [0.1, 0.15) is 30.1 Å². The zero-order valence-electron chi connectivity index (χ0n) is 11.7. The first kappa shape index (κ1) is 14.8. The van der Waals surface area contributed by atoms with E-state index in [2.05, 4.69) is 5.32 Å². The van der Waals surface area contributed by atoms with Gasteiger partial charge in [-0.15, -0.1) is 0 Å². The molecule has 2 N–H and O–H groups in total. The lowest BCUT2D eigenvalue weighted by molar-refractivity contribution is 0.0670. The third-order valence-corrected chi connectivity index (χ3v) is 3.14. The Morgan fingerprint density at radius 1 is 1.55 bits per heavy atom. The van der Waals surface area contributed by atoms with Crippen LogP contribution in [0.2, 0.25) is 0 Å². The van der Waals surface area contributed by atoms with Crippen molar-refractivity contribution >= 4 is 5.91 Å². The first-order chi connectivity index (χ1) is 9.66. The Kier molecular flexibility index (Phi) is 5.38. The molecule has 1 aromatic carbocycles. The summed E-state index contributed by atoms with van der Waals surface area (Å²) < 4.78 is 11.2. The molecule has 0 saturated carbocycles. The Morgan fingerprint density at radius 2 is 2.35 bits per heavy atom. The molecular weight excluding hydrogens is 258 g/mol. The third-order valence-electron chi connectivity index (χ3n) is 3.14. The van der Waals surface area contributed by atoms with Crippen molar-refractivity contribution in [2.24, 2.45) is 0 Å². The average Bonchev–Trinajstić information content (AvgIpc) is 2.96. The van der Waals surface area contributed by atoms with Crippen LogP contribution in [-0.4, -0.2) is 43.0 Å². The van der Waals surface area contributed by atoms with E-state index in [1.54, 1.807) is 25.1 Å². The predicted molar refractivity (Wildman–Crippen MR) is 74.9 cm³/mol. The predicted octanol–water partition coefficient (Wildman–Crippen LogP) is 1.35. The van der Waals surface area contributed by atoms with Crippen molar-refractivity contribution in [2.75, 3.05) is 19.8 Å². The van der Waals surface area contributed by atoms with Gasteiger partial charge in [0.2, 0.25) is 0 Å². The monoisotopic (exact) mass is 279 g/mol. The number of benzene rings is 1. The van der Waals surface area contributed by atoms with Gasteiger partial charge in [0.05, 0.1) is 17.8 Å². The highest BCUT2D eigenvalue weighted by atomic mass is 16.5. The molecule has 0 bridgehead atoms. The van der Waals surface area contributed by atoms with Crippen molar-refractivity contribution < 1.29 is 19.4 Å². The molecule has 0 aliphatic carbocycles. The van der Waals surface area contributed by atoms with Gasteiger partial charge in [0.25, 0.3) is 5.91 Å². The van der Waals surface area contributed by atoms with Gasteiger partial charge in [-0.2, -0.15) is 0 Å². The molecule has 0 radical (unpaired) electrons. The molecular formula is C15H21NO4. The number of nitrogens with one attached hydrogen (secondary N) is 1. The lowest BCUT2D eigenvalue weighted by atomic mass is 10.2. The standard InChI is InChI=1S/C15H21NO4/c1-11(17)9-16-15(18)13-6-2-3-7-14(13)20-10-12-5-4-8-19-12/h2-3,6-7,11-12,17H,4-5,8-10H2,1H3,(H,16,18). The van der Waals surface area contributed by atoms with Crippen molar-refractivity contribution in [2.45, 2.75) is 32.0 Å². The summed E-state index contributed by atoms with van der Waals surface area (Å²) in [6.45, 7) is 3.09. The van der Waals surface area contributed by atoms with Crippen LogP contribution in [0.25, 0.3) is 0 Å². The molecule has 1 amide bonds. The van der Waals surface area contributed by atoms with Gasteiger partial charge in [-0.1, -0.05) is 12.1 Å². The van der Waals surface area contributed by atoms with E-state index in [4.69, 9.17) is 9.47 Å². The number of hydrogen-bond acceptors (Lipinski definition) is 4. The van der Waals surface area contributed by atoms with Gasteiger partial charge in [0.15, 0.2) is 0 Å². The first-order valence-corrected chi connectivity index (χ1v) is 6.96. The van der Waals surface area contributed by atoms with Gasteiger partial charge in [-0.3, -0.25) is 4.79 Å². The fourth-order valence-electron chi connectivity index (χ4n) is 2.07. The fraction of sp³-hybridized carbons (Fsp3) is 0.533. The number of para-hydroxylation sites is 1. The zero-order chi connectivity index (χ0) is 14.4. The number of rotatable bonds is 6. The maximum absolute atomic E-state index is 12.0. The van der Waals surface area contributed by atoms with Gasteiger partial charge in [0, 0.05) is 13.2 Å². The Bertz CT molecular complexity index is 441. The molecule has 5 nitrogen and oxygen atoms in total. The molecule has 1 saturated heterocycles. The van der Waals surface area contributed by atoms with E-state index in [1.165, 1.54) is 0 Å². The second-order valence-corrected chi connectivity index (χ2v) is 5.00. The molecule has 1 aromatic rings. The highest BCUT2D eigenvalue weighted by Gasteiger charge is 2.18.